The van der Waals surface area contributed by atoms with Gasteiger partial charge in [0.15, 0.2) is 5.96 Å². The summed E-state index contributed by atoms with van der Waals surface area (Å²) in [6.45, 7) is 8.45. The van der Waals surface area contributed by atoms with Gasteiger partial charge in [-0.05, 0) is 26.7 Å². The van der Waals surface area contributed by atoms with Crippen LogP contribution < -0.4 is 5.73 Å². The second kappa shape index (κ2) is 10.7. The van der Waals surface area contributed by atoms with Gasteiger partial charge < -0.3 is 20.1 Å². The van der Waals surface area contributed by atoms with Crippen LogP contribution >= 0.6 is 0 Å². The molecule has 0 unspecified atom stereocenters. The summed E-state index contributed by atoms with van der Waals surface area (Å²) in [6, 6.07) is 0. The molecule has 0 aromatic rings. The van der Waals surface area contributed by atoms with E-state index >= 15 is 0 Å². The summed E-state index contributed by atoms with van der Waals surface area (Å²) in [6.07, 6.45) is 1.81. The average molecular weight is 231 g/mol. The van der Waals surface area contributed by atoms with Crippen molar-refractivity contribution in [3.05, 3.63) is 0 Å². The van der Waals surface area contributed by atoms with Gasteiger partial charge in [0.05, 0.1) is 0 Å². The van der Waals surface area contributed by atoms with Gasteiger partial charge in [-0.2, -0.15) is 0 Å². The third-order valence-electron chi connectivity index (χ3n) is 2.18. The van der Waals surface area contributed by atoms with Crippen LogP contribution in [-0.2, 0) is 9.47 Å². The molecule has 0 heterocycles. The summed E-state index contributed by atoms with van der Waals surface area (Å²) in [5.41, 5.74) is 5.49. The minimum atomic E-state index is 0.132. The molecule has 0 fully saturated rings. The zero-order valence-electron chi connectivity index (χ0n) is 10.5. The average Bonchev–Trinajstić information content (AvgIpc) is 2.26. The minimum absolute atomic E-state index is 0.132. The van der Waals surface area contributed by atoms with Gasteiger partial charge >= 0.3 is 0 Å². The second-order valence-electron chi connectivity index (χ2n) is 3.47. The number of nitrogens with two attached hydrogens (primary N) is 1. The molecule has 0 spiro atoms. The van der Waals surface area contributed by atoms with Gasteiger partial charge in [0.2, 0.25) is 0 Å². The first-order valence-corrected chi connectivity index (χ1v) is 5.96. The molecule has 0 saturated heterocycles. The van der Waals surface area contributed by atoms with E-state index in [4.69, 9.17) is 20.6 Å². The molecule has 0 atom stereocenters. The fourth-order valence-electron chi connectivity index (χ4n) is 1.36. The molecule has 0 aromatic carbocycles. The molecule has 5 heteroatoms. The lowest BCUT2D eigenvalue weighted by atomic mass is 10.3. The fourth-order valence-corrected chi connectivity index (χ4v) is 1.36. The SMILES string of the molecule is CCOCCCN(CCCOCC)C(=N)N. The van der Waals surface area contributed by atoms with Crippen LogP contribution in [0.2, 0.25) is 0 Å². The largest absolute Gasteiger partial charge is 0.382 e. The minimum Gasteiger partial charge on any atom is -0.382 e. The van der Waals surface area contributed by atoms with Crippen molar-refractivity contribution < 1.29 is 9.47 Å². The number of hydrogen-bond acceptors (Lipinski definition) is 3. The Kier molecular flexibility index (Phi) is 10.2. The molecule has 0 aliphatic rings. The monoisotopic (exact) mass is 231 g/mol. The van der Waals surface area contributed by atoms with Gasteiger partial charge in [-0.25, -0.2) is 0 Å². The molecular weight excluding hydrogens is 206 g/mol. The van der Waals surface area contributed by atoms with E-state index in [0.29, 0.717) is 0 Å². The Morgan fingerprint density at radius 1 is 1.06 bits per heavy atom. The molecule has 3 N–H and O–H groups in total. The molecule has 0 radical (unpaired) electrons. The van der Waals surface area contributed by atoms with E-state index in [1.165, 1.54) is 0 Å². The molecule has 96 valence electrons. The van der Waals surface area contributed by atoms with Crippen LogP contribution in [0.4, 0.5) is 0 Å². The Labute approximate surface area is 98.4 Å². The van der Waals surface area contributed by atoms with Crippen molar-refractivity contribution in [2.24, 2.45) is 5.73 Å². The van der Waals surface area contributed by atoms with E-state index in [-0.39, 0.29) is 5.96 Å². The zero-order chi connectivity index (χ0) is 12.2. The smallest absolute Gasteiger partial charge is 0.188 e. The highest BCUT2D eigenvalue weighted by Crippen LogP contribution is 1.95. The lowest BCUT2D eigenvalue weighted by Crippen LogP contribution is -2.38. The van der Waals surface area contributed by atoms with E-state index in [2.05, 4.69) is 0 Å². The normalized spacial score (nSPS) is 10.4. The van der Waals surface area contributed by atoms with Gasteiger partial charge in [0.25, 0.3) is 0 Å². The third kappa shape index (κ3) is 8.49. The molecule has 16 heavy (non-hydrogen) atoms. The number of hydrogen-bond donors (Lipinski definition) is 2. The first-order chi connectivity index (χ1) is 7.72. The van der Waals surface area contributed by atoms with Crippen LogP contribution in [0, 0.1) is 5.41 Å². The first-order valence-electron chi connectivity index (χ1n) is 5.96. The maximum Gasteiger partial charge on any atom is 0.188 e. The Hall–Kier alpha value is -0.810. The molecule has 0 saturated carbocycles. The molecule has 0 bridgehead atoms. The second-order valence-corrected chi connectivity index (χ2v) is 3.47. The summed E-state index contributed by atoms with van der Waals surface area (Å²) < 4.78 is 10.5. The maximum absolute atomic E-state index is 7.43. The molecule has 0 amide bonds. The quantitative estimate of drug-likeness (QED) is 0.335. The molecule has 0 aliphatic heterocycles. The lowest BCUT2D eigenvalue weighted by molar-refractivity contribution is 0.130. The van der Waals surface area contributed by atoms with Gasteiger partial charge in [-0.1, -0.05) is 0 Å². The summed E-state index contributed by atoms with van der Waals surface area (Å²) in [7, 11) is 0. The number of ether oxygens (including phenoxy) is 2. The molecule has 5 nitrogen and oxygen atoms in total. The summed E-state index contributed by atoms with van der Waals surface area (Å²) in [5, 5.41) is 7.43. The number of nitrogens with zero attached hydrogens (tertiary/aromatic N) is 1. The van der Waals surface area contributed by atoms with Crippen LogP contribution in [0.3, 0.4) is 0 Å². The number of rotatable bonds is 10. The summed E-state index contributed by atoms with van der Waals surface area (Å²) in [4.78, 5) is 1.86. The molecule has 0 aliphatic carbocycles. The highest BCUT2D eigenvalue weighted by Gasteiger charge is 2.05. The van der Waals surface area contributed by atoms with Gasteiger partial charge in [0, 0.05) is 39.5 Å². The van der Waals surface area contributed by atoms with Crippen molar-refractivity contribution >= 4 is 5.96 Å². The van der Waals surface area contributed by atoms with E-state index < -0.39 is 0 Å². The van der Waals surface area contributed by atoms with E-state index in [9.17, 15) is 0 Å². The van der Waals surface area contributed by atoms with Crippen molar-refractivity contribution in [1.82, 2.24) is 4.90 Å². The maximum atomic E-state index is 7.43. The predicted octanol–water partition coefficient (Wildman–Crippen LogP) is 1.04. The topological polar surface area (TPSA) is 71.6 Å². The van der Waals surface area contributed by atoms with Crippen LogP contribution in [0.5, 0.6) is 0 Å². The summed E-state index contributed by atoms with van der Waals surface area (Å²) >= 11 is 0. The Bertz CT molecular complexity index is 165. The van der Waals surface area contributed by atoms with Gasteiger partial charge in [0.1, 0.15) is 0 Å². The Morgan fingerprint density at radius 2 is 1.50 bits per heavy atom. The van der Waals surface area contributed by atoms with Crippen molar-refractivity contribution in [3.63, 3.8) is 0 Å². The third-order valence-corrected chi connectivity index (χ3v) is 2.18. The van der Waals surface area contributed by atoms with Crippen molar-refractivity contribution in [1.29, 1.82) is 5.41 Å². The zero-order valence-corrected chi connectivity index (χ0v) is 10.5. The van der Waals surface area contributed by atoms with Crippen LogP contribution in [-0.4, -0.2) is 50.4 Å². The standard InChI is InChI=1S/C11H25N3O2/c1-3-15-9-5-7-14(11(12)13)8-6-10-16-4-2/h3-10H2,1-2H3,(H3,12,13). The van der Waals surface area contributed by atoms with Gasteiger partial charge in [-0.3, -0.25) is 5.41 Å². The predicted molar refractivity (Wildman–Crippen MR) is 65.7 cm³/mol. The Balaban J connectivity index is 3.59. The highest BCUT2D eigenvalue weighted by molar-refractivity contribution is 5.74. The van der Waals surface area contributed by atoms with Crippen LogP contribution in [0.25, 0.3) is 0 Å². The van der Waals surface area contributed by atoms with E-state index in [0.717, 1.165) is 52.4 Å². The number of nitrogens with one attached hydrogen (secondary N) is 1. The Morgan fingerprint density at radius 3 is 1.81 bits per heavy atom. The highest BCUT2D eigenvalue weighted by atomic mass is 16.5. The molecule has 0 aromatic heterocycles. The fraction of sp³-hybridized carbons (Fsp3) is 0.909. The van der Waals surface area contributed by atoms with Crippen molar-refractivity contribution in [2.45, 2.75) is 26.7 Å². The van der Waals surface area contributed by atoms with Gasteiger partial charge in [-0.15, -0.1) is 0 Å². The summed E-state index contributed by atoms with van der Waals surface area (Å²) in [5.74, 6) is 0.132. The molecule has 0 rings (SSSR count). The van der Waals surface area contributed by atoms with Crippen LogP contribution in [0.1, 0.15) is 26.7 Å². The van der Waals surface area contributed by atoms with Crippen molar-refractivity contribution in [2.75, 3.05) is 39.5 Å². The lowest BCUT2D eigenvalue weighted by Gasteiger charge is -2.22. The van der Waals surface area contributed by atoms with E-state index in [1.54, 1.807) is 0 Å². The van der Waals surface area contributed by atoms with Crippen molar-refractivity contribution in [3.8, 4) is 0 Å². The number of guanidine groups is 1. The molecular formula is C11H25N3O2. The van der Waals surface area contributed by atoms with Crippen LogP contribution in [0.15, 0.2) is 0 Å². The van der Waals surface area contributed by atoms with E-state index in [1.807, 2.05) is 18.7 Å². The first kappa shape index (κ1) is 15.2.